The Labute approximate surface area is 130 Å². The molecule has 0 radical (unpaired) electrons. The summed E-state index contributed by atoms with van der Waals surface area (Å²) < 4.78 is 13.7. The standard InChI is InChI=1S/C16H15BrFNO2/c17-15-9-13(18)6-5-12(15)10-19-8-7-11-3-1-2-4-14(11)16(20)21/h1-6,9,19H,7-8,10H2,(H,20,21). The molecule has 21 heavy (non-hydrogen) atoms. The van der Waals surface area contributed by atoms with Gasteiger partial charge in [-0.2, -0.15) is 0 Å². The highest BCUT2D eigenvalue weighted by Gasteiger charge is 2.08. The van der Waals surface area contributed by atoms with E-state index in [1.165, 1.54) is 12.1 Å². The van der Waals surface area contributed by atoms with E-state index in [1.807, 2.05) is 12.1 Å². The quantitative estimate of drug-likeness (QED) is 0.781. The van der Waals surface area contributed by atoms with Crippen LogP contribution in [-0.2, 0) is 13.0 Å². The molecule has 3 nitrogen and oxygen atoms in total. The van der Waals surface area contributed by atoms with Gasteiger partial charge in [-0.3, -0.25) is 0 Å². The number of benzene rings is 2. The molecule has 110 valence electrons. The van der Waals surface area contributed by atoms with Gasteiger partial charge < -0.3 is 10.4 Å². The maximum Gasteiger partial charge on any atom is 0.335 e. The van der Waals surface area contributed by atoms with Crippen LogP contribution in [0.4, 0.5) is 4.39 Å². The molecule has 0 aromatic heterocycles. The first-order chi connectivity index (χ1) is 10.1. The number of halogens is 2. The predicted molar refractivity (Wildman–Crippen MR) is 82.9 cm³/mol. The Morgan fingerprint density at radius 2 is 1.95 bits per heavy atom. The molecule has 2 N–H and O–H groups in total. The minimum Gasteiger partial charge on any atom is -0.478 e. The van der Waals surface area contributed by atoms with Crippen molar-refractivity contribution in [3.63, 3.8) is 0 Å². The van der Waals surface area contributed by atoms with E-state index in [4.69, 9.17) is 5.11 Å². The van der Waals surface area contributed by atoms with E-state index in [-0.39, 0.29) is 5.82 Å². The lowest BCUT2D eigenvalue weighted by Crippen LogP contribution is -2.18. The highest BCUT2D eigenvalue weighted by atomic mass is 79.9. The molecule has 0 aliphatic heterocycles. The molecule has 2 aromatic carbocycles. The van der Waals surface area contributed by atoms with E-state index in [9.17, 15) is 9.18 Å². The topological polar surface area (TPSA) is 49.3 Å². The third-order valence-electron chi connectivity index (χ3n) is 3.15. The Kier molecular flexibility index (Phi) is 5.47. The largest absolute Gasteiger partial charge is 0.478 e. The van der Waals surface area contributed by atoms with Gasteiger partial charge >= 0.3 is 5.97 Å². The van der Waals surface area contributed by atoms with Gasteiger partial charge in [0.05, 0.1) is 5.56 Å². The summed E-state index contributed by atoms with van der Waals surface area (Å²) in [5.41, 5.74) is 2.10. The molecule has 0 bridgehead atoms. The second-order valence-corrected chi connectivity index (χ2v) is 5.48. The fraction of sp³-hybridized carbons (Fsp3) is 0.188. The van der Waals surface area contributed by atoms with Crippen molar-refractivity contribution in [1.82, 2.24) is 5.32 Å². The molecular formula is C16H15BrFNO2. The van der Waals surface area contributed by atoms with Crippen LogP contribution in [0.2, 0.25) is 0 Å². The Bertz CT molecular complexity index is 646. The van der Waals surface area contributed by atoms with E-state index in [2.05, 4.69) is 21.2 Å². The fourth-order valence-electron chi connectivity index (χ4n) is 2.06. The van der Waals surface area contributed by atoms with E-state index in [1.54, 1.807) is 18.2 Å². The summed E-state index contributed by atoms with van der Waals surface area (Å²) in [7, 11) is 0. The average molecular weight is 352 g/mol. The van der Waals surface area contributed by atoms with Crippen molar-refractivity contribution in [2.75, 3.05) is 6.54 Å². The summed E-state index contributed by atoms with van der Waals surface area (Å²) in [6, 6.07) is 11.5. The van der Waals surface area contributed by atoms with Crippen molar-refractivity contribution in [1.29, 1.82) is 0 Å². The van der Waals surface area contributed by atoms with Gasteiger partial charge in [0, 0.05) is 11.0 Å². The summed E-state index contributed by atoms with van der Waals surface area (Å²) in [5.74, 6) is -1.19. The lowest BCUT2D eigenvalue weighted by atomic mass is 10.0. The zero-order chi connectivity index (χ0) is 15.2. The second-order valence-electron chi connectivity index (χ2n) is 4.62. The van der Waals surface area contributed by atoms with Gasteiger partial charge in [-0.1, -0.05) is 40.2 Å². The van der Waals surface area contributed by atoms with Crippen molar-refractivity contribution in [3.05, 3.63) is 69.4 Å². The van der Waals surface area contributed by atoms with Gasteiger partial charge in [0.1, 0.15) is 5.82 Å². The molecule has 0 aliphatic carbocycles. The molecule has 0 unspecified atom stereocenters. The van der Waals surface area contributed by atoms with Crippen molar-refractivity contribution in [2.45, 2.75) is 13.0 Å². The monoisotopic (exact) mass is 351 g/mol. The smallest absolute Gasteiger partial charge is 0.335 e. The van der Waals surface area contributed by atoms with Gasteiger partial charge in [0.2, 0.25) is 0 Å². The summed E-state index contributed by atoms with van der Waals surface area (Å²) in [6.07, 6.45) is 0.626. The Morgan fingerprint density at radius 3 is 2.67 bits per heavy atom. The first kappa shape index (κ1) is 15.7. The summed E-state index contributed by atoms with van der Waals surface area (Å²) in [5, 5.41) is 12.3. The van der Waals surface area contributed by atoms with Crippen LogP contribution in [0.25, 0.3) is 0 Å². The molecule has 0 saturated heterocycles. The third-order valence-corrected chi connectivity index (χ3v) is 3.89. The van der Waals surface area contributed by atoms with E-state index < -0.39 is 5.97 Å². The zero-order valence-corrected chi connectivity index (χ0v) is 12.9. The maximum absolute atomic E-state index is 13.0. The summed E-state index contributed by atoms with van der Waals surface area (Å²) in [6.45, 7) is 1.24. The zero-order valence-electron chi connectivity index (χ0n) is 11.3. The minimum absolute atomic E-state index is 0.277. The number of carbonyl (C=O) groups is 1. The normalized spacial score (nSPS) is 10.6. The predicted octanol–water partition coefficient (Wildman–Crippen LogP) is 3.62. The van der Waals surface area contributed by atoms with Crippen LogP contribution in [0.5, 0.6) is 0 Å². The first-order valence-corrected chi connectivity index (χ1v) is 7.33. The van der Waals surface area contributed by atoms with Crippen molar-refractivity contribution in [3.8, 4) is 0 Å². The molecule has 0 fully saturated rings. The number of hydrogen-bond acceptors (Lipinski definition) is 2. The van der Waals surface area contributed by atoms with Crippen LogP contribution < -0.4 is 5.32 Å². The number of rotatable bonds is 6. The van der Waals surface area contributed by atoms with Crippen LogP contribution in [0.1, 0.15) is 21.5 Å². The van der Waals surface area contributed by atoms with Gasteiger partial charge in [0.25, 0.3) is 0 Å². The molecular weight excluding hydrogens is 337 g/mol. The van der Waals surface area contributed by atoms with Crippen molar-refractivity contribution < 1.29 is 14.3 Å². The van der Waals surface area contributed by atoms with Crippen LogP contribution in [0, 0.1) is 5.82 Å². The highest BCUT2D eigenvalue weighted by molar-refractivity contribution is 9.10. The molecule has 2 rings (SSSR count). The van der Waals surface area contributed by atoms with Gasteiger partial charge in [-0.15, -0.1) is 0 Å². The van der Waals surface area contributed by atoms with E-state index in [0.717, 1.165) is 15.6 Å². The van der Waals surface area contributed by atoms with Crippen LogP contribution in [-0.4, -0.2) is 17.6 Å². The van der Waals surface area contributed by atoms with Crippen LogP contribution in [0.15, 0.2) is 46.9 Å². The molecule has 0 spiro atoms. The molecule has 0 atom stereocenters. The second kappa shape index (κ2) is 7.33. The number of carboxylic acids is 1. The molecule has 0 amide bonds. The molecule has 0 aliphatic rings. The van der Waals surface area contributed by atoms with E-state index in [0.29, 0.717) is 25.1 Å². The number of hydrogen-bond donors (Lipinski definition) is 2. The third kappa shape index (κ3) is 4.37. The highest BCUT2D eigenvalue weighted by Crippen LogP contribution is 2.17. The number of aromatic carboxylic acids is 1. The molecule has 0 saturated carbocycles. The van der Waals surface area contributed by atoms with E-state index >= 15 is 0 Å². The fourth-order valence-corrected chi connectivity index (χ4v) is 2.55. The Hall–Kier alpha value is -1.72. The Morgan fingerprint density at radius 1 is 1.19 bits per heavy atom. The molecule has 2 aromatic rings. The van der Waals surface area contributed by atoms with Gasteiger partial charge in [-0.05, 0) is 42.3 Å². The number of nitrogens with one attached hydrogen (secondary N) is 1. The van der Waals surface area contributed by atoms with Crippen LogP contribution in [0.3, 0.4) is 0 Å². The first-order valence-electron chi connectivity index (χ1n) is 6.54. The average Bonchev–Trinajstić information content (AvgIpc) is 2.45. The maximum atomic E-state index is 13.0. The van der Waals surface area contributed by atoms with Crippen molar-refractivity contribution in [2.24, 2.45) is 0 Å². The van der Waals surface area contributed by atoms with Crippen molar-refractivity contribution >= 4 is 21.9 Å². The molecule has 0 heterocycles. The summed E-state index contributed by atoms with van der Waals surface area (Å²) >= 11 is 3.32. The lowest BCUT2D eigenvalue weighted by molar-refractivity contribution is 0.0695. The summed E-state index contributed by atoms with van der Waals surface area (Å²) in [4.78, 5) is 11.1. The minimum atomic E-state index is -0.910. The SMILES string of the molecule is O=C(O)c1ccccc1CCNCc1ccc(F)cc1Br. The van der Waals surface area contributed by atoms with Gasteiger partial charge in [-0.25, -0.2) is 9.18 Å². The lowest BCUT2D eigenvalue weighted by Gasteiger charge is -2.09. The Balaban J connectivity index is 1.89. The van der Waals surface area contributed by atoms with Gasteiger partial charge in [0.15, 0.2) is 0 Å². The molecule has 5 heteroatoms. The van der Waals surface area contributed by atoms with Crippen LogP contribution >= 0.6 is 15.9 Å². The number of carboxylic acid groups (broad SMARTS) is 1.